The van der Waals surface area contributed by atoms with Crippen molar-refractivity contribution in [2.75, 3.05) is 44.7 Å². The number of hydrogen-bond donors (Lipinski definition) is 2. The number of benzene rings is 1. The summed E-state index contributed by atoms with van der Waals surface area (Å²) in [6.07, 6.45) is 5.19. The molecule has 4 unspecified atom stereocenters. The first-order chi connectivity index (χ1) is 14.5. The van der Waals surface area contributed by atoms with Crippen LogP contribution in [0.2, 0.25) is 0 Å². The van der Waals surface area contributed by atoms with Crippen LogP contribution in [0.5, 0.6) is 5.75 Å². The topological polar surface area (TPSA) is 73.9 Å². The van der Waals surface area contributed by atoms with Crippen LogP contribution in [-0.4, -0.2) is 62.7 Å². The number of piperazine rings is 1. The zero-order valence-electron chi connectivity index (χ0n) is 18.1. The number of carbonyl (C=O) groups excluding carboxylic acids is 2. The molecule has 3 fully saturated rings. The van der Waals surface area contributed by atoms with E-state index in [0.717, 1.165) is 49.5 Å². The Morgan fingerprint density at radius 2 is 1.83 bits per heavy atom. The van der Waals surface area contributed by atoms with Crippen LogP contribution in [0.15, 0.2) is 24.3 Å². The molecule has 1 aliphatic heterocycles. The Hall–Kier alpha value is -2.28. The molecule has 0 aromatic heterocycles. The van der Waals surface area contributed by atoms with Crippen LogP contribution in [0.1, 0.15) is 32.6 Å². The number of fused-ring (bicyclic) bond motifs is 2. The number of carbonyl (C=O) groups is 2. The summed E-state index contributed by atoms with van der Waals surface area (Å²) in [5, 5.41) is 5.53. The minimum atomic E-state index is -0.354. The van der Waals surface area contributed by atoms with Gasteiger partial charge >= 0.3 is 6.03 Å². The lowest BCUT2D eigenvalue weighted by Gasteiger charge is -2.35. The Balaban J connectivity index is 1.17. The number of urea groups is 1. The summed E-state index contributed by atoms with van der Waals surface area (Å²) in [7, 11) is 1.66. The number of ether oxygens (including phenoxy) is 1. The number of nitrogens with one attached hydrogen (secondary N) is 2. The van der Waals surface area contributed by atoms with E-state index in [2.05, 4.69) is 39.5 Å². The first kappa shape index (κ1) is 21.0. The van der Waals surface area contributed by atoms with Gasteiger partial charge in [-0.2, -0.15) is 0 Å². The molecule has 2 saturated carbocycles. The predicted octanol–water partition coefficient (Wildman–Crippen LogP) is 2.47. The maximum Gasteiger partial charge on any atom is 0.321 e. The summed E-state index contributed by atoms with van der Waals surface area (Å²) in [5.41, 5.74) is 1.16. The Morgan fingerprint density at radius 3 is 2.43 bits per heavy atom. The molecule has 0 radical (unpaired) electrons. The van der Waals surface area contributed by atoms with Gasteiger partial charge < -0.3 is 15.0 Å². The molecular formula is C23H34N4O3. The third-order valence-electron chi connectivity index (χ3n) is 7.22. The van der Waals surface area contributed by atoms with Crippen molar-refractivity contribution in [3.05, 3.63) is 24.3 Å². The first-order valence-corrected chi connectivity index (χ1v) is 11.2. The minimum Gasteiger partial charge on any atom is -0.497 e. The molecule has 3 aliphatic rings. The molecule has 7 heteroatoms. The van der Waals surface area contributed by atoms with Crippen molar-refractivity contribution in [1.82, 2.24) is 15.5 Å². The molecule has 3 amide bonds. The molecule has 4 rings (SSSR count). The van der Waals surface area contributed by atoms with Crippen molar-refractivity contribution in [1.29, 1.82) is 0 Å². The molecule has 30 heavy (non-hydrogen) atoms. The van der Waals surface area contributed by atoms with E-state index < -0.39 is 0 Å². The molecule has 1 aromatic rings. The number of rotatable bonds is 6. The Labute approximate surface area is 179 Å². The highest BCUT2D eigenvalue weighted by atomic mass is 16.5. The number of amides is 3. The van der Waals surface area contributed by atoms with E-state index >= 15 is 0 Å². The highest BCUT2D eigenvalue weighted by Gasteiger charge is 2.42. The van der Waals surface area contributed by atoms with E-state index in [1.807, 2.05) is 12.1 Å². The largest absolute Gasteiger partial charge is 0.497 e. The predicted molar refractivity (Wildman–Crippen MR) is 117 cm³/mol. The smallest absolute Gasteiger partial charge is 0.321 e. The lowest BCUT2D eigenvalue weighted by Crippen LogP contribution is -2.52. The summed E-state index contributed by atoms with van der Waals surface area (Å²) >= 11 is 0. The van der Waals surface area contributed by atoms with Gasteiger partial charge in [-0.15, -0.1) is 0 Å². The SMILES string of the molecule is COc1ccc(N2CCN(CC(=O)NC(=O)NC(C)C3CC4CCC3C4)CC2)cc1. The summed E-state index contributed by atoms with van der Waals surface area (Å²) in [6, 6.07) is 7.82. The molecular weight excluding hydrogens is 380 g/mol. The lowest BCUT2D eigenvalue weighted by molar-refractivity contribution is -0.121. The van der Waals surface area contributed by atoms with Crippen molar-refractivity contribution in [3.63, 3.8) is 0 Å². The normalized spacial score (nSPS) is 27.0. The molecule has 1 saturated heterocycles. The molecule has 2 bridgehead atoms. The van der Waals surface area contributed by atoms with Gasteiger partial charge in [0.15, 0.2) is 0 Å². The summed E-state index contributed by atoms with van der Waals surface area (Å²) in [4.78, 5) is 29.0. The molecule has 1 heterocycles. The van der Waals surface area contributed by atoms with Gasteiger partial charge in [-0.3, -0.25) is 15.0 Å². The van der Waals surface area contributed by atoms with Gasteiger partial charge in [-0.25, -0.2) is 4.79 Å². The van der Waals surface area contributed by atoms with Crippen LogP contribution in [0.3, 0.4) is 0 Å². The van der Waals surface area contributed by atoms with Gasteiger partial charge in [0.2, 0.25) is 5.91 Å². The maximum absolute atomic E-state index is 12.3. The van der Waals surface area contributed by atoms with Gasteiger partial charge in [0.1, 0.15) is 5.75 Å². The van der Waals surface area contributed by atoms with E-state index in [4.69, 9.17) is 4.74 Å². The maximum atomic E-state index is 12.3. The first-order valence-electron chi connectivity index (χ1n) is 11.2. The van der Waals surface area contributed by atoms with Gasteiger partial charge in [0.25, 0.3) is 0 Å². The fourth-order valence-electron chi connectivity index (χ4n) is 5.58. The highest BCUT2D eigenvalue weighted by Crippen LogP contribution is 2.49. The van der Waals surface area contributed by atoms with Crippen LogP contribution in [-0.2, 0) is 4.79 Å². The zero-order chi connectivity index (χ0) is 21.1. The van der Waals surface area contributed by atoms with Gasteiger partial charge in [-0.1, -0.05) is 6.42 Å². The Morgan fingerprint density at radius 1 is 1.10 bits per heavy atom. The molecule has 1 aromatic carbocycles. The number of methoxy groups -OCH3 is 1. The second-order valence-electron chi connectivity index (χ2n) is 9.11. The Bertz CT molecular complexity index is 745. The molecule has 164 valence electrons. The standard InChI is InChI=1S/C23H34N4O3/c1-16(21-14-17-3-4-18(21)13-17)24-23(29)25-22(28)15-26-9-11-27(12-10-26)19-5-7-20(30-2)8-6-19/h5-8,16-18,21H,3-4,9-15H2,1-2H3,(H2,24,25,28,29). The number of hydrogen-bond acceptors (Lipinski definition) is 5. The van der Waals surface area contributed by atoms with Crippen molar-refractivity contribution in [2.24, 2.45) is 17.8 Å². The molecule has 4 atom stereocenters. The molecule has 7 nitrogen and oxygen atoms in total. The Kier molecular flexibility index (Phi) is 6.46. The van der Waals surface area contributed by atoms with Crippen LogP contribution in [0.4, 0.5) is 10.5 Å². The average molecular weight is 415 g/mol. The van der Waals surface area contributed by atoms with Gasteiger partial charge in [0, 0.05) is 37.9 Å². The summed E-state index contributed by atoms with van der Waals surface area (Å²) < 4.78 is 5.21. The lowest BCUT2D eigenvalue weighted by atomic mass is 9.84. The van der Waals surface area contributed by atoms with Crippen LogP contribution in [0.25, 0.3) is 0 Å². The zero-order valence-corrected chi connectivity index (χ0v) is 18.1. The van der Waals surface area contributed by atoms with Gasteiger partial charge in [0.05, 0.1) is 13.7 Å². The number of anilines is 1. The monoisotopic (exact) mass is 414 g/mol. The molecule has 0 spiro atoms. The second kappa shape index (κ2) is 9.25. The minimum absolute atomic E-state index is 0.126. The van der Waals surface area contributed by atoms with Crippen molar-refractivity contribution in [2.45, 2.75) is 38.6 Å². The van der Waals surface area contributed by atoms with E-state index in [1.54, 1.807) is 7.11 Å². The highest BCUT2D eigenvalue weighted by molar-refractivity contribution is 5.95. The van der Waals surface area contributed by atoms with E-state index in [-0.39, 0.29) is 24.5 Å². The van der Waals surface area contributed by atoms with Gasteiger partial charge in [-0.05, 0) is 68.2 Å². The van der Waals surface area contributed by atoms with Crippen LogP contribution < -0.4 is 20.3 Å². The van der Waals surface area contributed by atoms with Crippen LogP contribution >= 0.6 is 0 Å². The quantitative estimate of drug-likeness (QED) is 0.748. The van der Waals surface area contributed by atoms with E-state index in [0.29, 0.717) is 5.92 Å². The summed E-state index contributed by atoms with van der Waals surface area (Å²) in [6.45, 7) is 5.63. The van der Waals surface area contributed by atoms with Crippen molar-refractivity contribution < 1.29 is 14.3 Å². The van der Waals surface area contributed by atoms with Crippen LogP contribution in [0, 0.1) is 17.8 Å². The average Bonchev–Trinajstić information content (AvgIpc) is 3.38. The molecule has 2 aliphatic carbocycles. The van der Waals surface area contributed by atoms with Crippen molar-refractivity contribution >= 4 is 17.6 Å². The van der Waals surface area contributed by atoms with E-state index in [1.165, 1.54) is 25.7 Å². The fraction of sp³-hybridized carbons (Fsp3) is 0.652. The third-order valence-corrected chi connectivity index (χ3v) is 7.22. The third kappa shape index (κ3) is 4.89. The molecule has 2 N–H and O–H groups in total. The summed E-state index contributed by atoms with van der Waals surface area (Å²) in [5.74, 6) is 2.79. The second-order valence-corrected chi connectivity index (χ2v) is 9.11. The number of imide groups is 1. The number of nitrogens with zero attached hydrogens (tertiary/aromatic N) is 2. The van der Waals surface area contributed by atoms with Crippen molar-refractivity contribution in [3.8, 4) is 5.75 Å². The fourth-order valence-corrected chi connectivity index (χ4v) is 5.58. The van der Waals surface area contributed by atoms with E-state index in [9.17, 15) is 9.59 Å².